The monoisotopic (exact) mass is 504 g/mol. The van der Waals surface area contributed by atoms with Gasteiger partial charge < -0.3 is 0 Å². The van der Waals surface area contributed by atoms with Gasteiger partial charge >= 0.3 is 0 Å². The second-order valence-corrected chi connectivity index (χ2v) is 16.3. The van der Waals surface area contributed by atoms with E-state index in [2.05, 4.69) is 95.8 Å². The molecule has 3 fully saturated rings. The Morgan fingerprint density at radius 2 is 1.23 bits per heavy atom. The molecular weight excluding hydrogens is 473 g/mol. The fraction of sp³-hybridized carbons (Fsp3) is 1.00. The third-order valence-corrected chi connectivity index (χ3v) is 16.5. The predicted octanol–water partition coefficient (Wildman–Crippen LogP) is 6.47. The van der Waals surface area contributed by atoms with E-state index in [-0.39, 0.29) is 0 Å². The summed E-state index contributed by atoms with van der Waals surface area (Å²) in [5, 5.41) is 1.59. The minimum absolute atomic E-state index is 0.796. The zero-order valence-corrected chi connectivity index (χ0v) is 22.0. The SMILES string of the molecule is SCC1CSC(CSCC2CCCC(CSCC3SCC(CS)S3)C2)S1. The number of thioether (sulfide) groups is 6. The van der Waals surface area contributed by atoms with Crippen molar-refractivity contribution in [1.29, 1.82) is 0 Å². The lowest BCUT2D eigenvalue weighted by molar-refractivity contribution is 0.309. The van der Waals surface area contributed by atoms with Crippen molar-refractivity contribution in [3.05, 3.63) is 0 Å². The van der Waals surface area contributed by atoms with Gasteiger partial charge in [-0.15, -0.1) is 47.0 Å². The number of rotatable bonds is 10. The normalized spacial score (nSPS) is 38.1. The minimum atomic E-state index is 0.796. The molecule has 0 nitrogen and oxygen atoms in total. The van der Waals surface area contributed by atoms with E-state index in [1.54, 1.807) is 0 Å². The first-order chi connectivity index (χ1) is 12.8. The summed E-state index contributed by atoms with van der Waals surface area (Å²) in [7, 11) is 0. The van der Waals surface area contributed by atoms with Crippen molar-refractivity contribution in [3.63, 3.8) is 0 Å². The van der Waals surface area contributed by atoms with Gasteiger partial charge in [-0.2, -0.15) is 48.8 Å². The van der Waals surface area contributed by atoms with E-state index in [9.17, 15) is 0 Å². The van der Waals surface area contributed by atoms with E-state index in [1.165, 1.54) is 60.2 Å². The predicted molar refractivity (Wildman–Crippen MR) is 143 cm³/mol. The van der Waals surface area contributed by atoms with Crippen LogP contribution in [0.1, 0.15) is 25.7 Å². The molecule has 2 aliphatic heterocycles. The summed E-state index contributed by atoms with van der Waals surface area (Å²) in [5.41, 5.74) is 0. The van der Waals surface area contributed by atoms with Crippen molar-refractivity contribution in [3.8, 4) is 0 Å². The number of hydrogen-bond acceptors (Lipinski definition) is 8. The first-order valence-corrected chi connectivity index (χ1v) is 17.2. The molecule has 26 heavy (non-hydrogen) atoms. The van der Waals surface area contributed by atoms with Gasteiger partial charge in [0.1, 0.15) is 0 Å². The molecule has 2 heterocycles. The van der Waals surface area contributed by atoms with Gasteiger partial charge in [-0.1, -0.05) is 6.42 Å². The molecule has 0 aromatic heterocycles. The lowest BCUT2D eigenvalue weighted by Crippen LogP contribution is -2.20. The van der Waals surface area contributed by atoms with Crippen LogP contribution < -0.4 is 0 Å². The summed E-state index contributed by atoms with van der Waals surface area (Å²) in [6.07, 6.45) is 5.93. The molecule has 6 atom stereocenters. The molecule has 0 amide bonds. The topological polar surface area (TPSA) is 0 Å². The van der Waals surface area contributed by atoms with Crippen LogP contribution in [0.5, 0.6) is 0 Å². The summed E-state index contributed by atoms with van der Waals surface area (Å²) in [4.78, 5) is 0. The summed E-state index contributed by atoms with van der Waals surface area (Å²) in [6, 6.07) is 0. The van der Waals surface area contributed by atoms with Crippen molar-refractivity contribution in [1.82, 2.24) is 0 Å². The highest BCUT2D eigenvalue weighted by Crippen LogP contribution is 2.42. The second-order valence-electron chi connectivity index (χ2n) is 7.38. The van der Waals surface area contributed by atoms with Crippen molar-refractivity contribution in [2.45, 2.75) is 45.3 Å². The molecule has 8 heteroatoms. The smallest absolute Gasteiger partial charge is 0.0596 e. The van der Waals surface area contributed by atoms with Gasteiger partial charge in [-0.25, -0.2) is 0 Å². The molecule has 0 N–H and O–H groups in total. The maximum Gasteiger partial charge on any atom is 0.0596 e. The third-order valence-electron chi connectivity index (χ3n) is 5.14. The van der Waals surface area contributed by atoms with Crippen molar-refractivity contribution >= 4 is 95.8 Å². The molecular formula is C18H32S8. The van der Waals surface area contributed by atoms with E-state index in [4.69, 9.17) is 0 Å². The molecule has 0 bridgehead atoms. The van der Waals surface area contributed by atoms with Crippen LogP contribution in [0.15, 0.2) is 0 Å². The van der Waals surface area contributed by atoms with Crippen molar-refractivity contribution in [2.24, 2.45) is 11.8 Å². The maximum absolute atomic E-state index is 4.46. The molecule has 0 radical (unpaired) electrons. The van der Waals surface area contributed by atoms with E-state index in [0.717, 1.165) is 43.0 Å². The van der Waals surface area contributed by atoms with Crippen LogP contribution in [0, 0.1) is 11.8 Å². The Labute approximate surface area is 197 Å². The number of thiol groups is 2. The van der Waals surface area contributed by atoms with E-state index >= 15 is 0 Å². The molecule has 0 spiro atoms. The molecule has 3 aliphatic rings. The minimum Gasteiger partial charge on any atom is -0.178 e. The van der Waals surface area contributed by atoms with Crippen molar-refractivity contribution in [2.75, 3.05) is 46.0 Å². The molecule has 3 rings (SSSR count). The van der Waals surface area contributed by atoms with Crippen LogP contribution in [-0.2, 0) is 0 Å². The molecule has 0 aromatic rings. The highest BCUT2D eigenvalue weighted by Gasteiger charge is 2.27. The Balaban J connectivity index is 1.24. The molecule has 0 aromatic carbocycles. The number of hydrogen-bond donors (Lipinski definition) is 2. The highest BCUT2D eigenvalue weighted by atomic mass is 32.2. The highest BCUT2D eigenvalue weighted by molar-refractivity contribution is 8.22. The van der Waals surface area contributed by atoms with Crippen LogP contribution in [0.4, 0.5) is 0 Å². The maximum atomic E-state index is 4.46. The first-order valence-electron chi connectivity index (χ1n) is 9.68. The van der Waals surface area contributed by atoms with Crippen LogP contribution in [0.2, 0.25) is 0 Å². The van der Waals surface area contributed by atoms with E-state index in [1.807, 2.05) is 0 Å². The Morgan fingerprint density at radius 1 is 0.731 bits per heavy atom. The van der Waals surface area contributed by atoms with Crippen LogP contribution in [0.3, 0.4) is 0 Å². The largest absolute Gasteiger partial charge is 0.178 e. The van der Waals surface area contributed by atoms with Crippen LogP contribution in [0.25, 0.3) is 0 Å². The third kappa shape index (κ3) is 8.14. The zero-order chi connectivity index (χ0) is 18.2. The summed E-state index contributed by atoms with van der Waals surface area (Å²) in [5.74, 6) is 12.2. The zero-order valence-electron chi connectivity index (χ0n) is 15.3. The molecule has 152 valence electrons. The molecule has 1 saturated carbocycles. The molecule has 1 aliphatic carbocycles. The molecule has 6 unspecified atom stereocenters. The summed E-state index contributed by atoms with van der Waals surface area (Å²) in [6.45, 7) is 0. The Morgan fingerprint density at radius 3 is 1.65 bits per heavy atom. The van der Waals surface area contributed by atoms with Crippen LogP contribution in [-0.4, -0.2) is 65.7 Å². The fourth-order valence-electron chi connectivity index (χ4n) is 3.75. The van der Waals surface area contributed by atoms with Gasteiger partial charge in [0.05, 0.1) is 9.16 Å². The lowest BCUT2D eigenvalue weighted by Gasteiger charge is -2.29. The van der Waals surface area contributed by atoms with Crippen LogP contribution >= 0.6 is 95.8 Å². The van der Waals surface area contributed by atoms with Gasteiger partial charge in [-0.3, -0.25) is 0 Å². The summed E-state index contributed by atoms with van der Waals surface area (Å²) >= 11 is 22.1. The average Bonchev–Trinajstić information content (AvgIpc) is 3.31. The van der Waals surface area contributed by atoms with E-state index in [0.29, 0.717) is 0 Å². The average molecular weight is 505 g/mol. The van der Waals surface area contributed by atoms with Gasteiger partial charge in [0.25, 0.3) is 0 Å². The summed E-state index contributed by atoms with van der Waals surface area (Å²) < 4.78 is 1.66. The second kappa shape index (κ2) is 13.3. The van der Waals surface area contributed by atoms with Gasteiger partial charge in [0.15, 0.2) is 0 Å². The van der Waals surface area contributed by atoms with Crippen molar-refractivity contribution < 1.29 is 0 Å². The van der Waals surface area contributed by atoms with Gasteiger partial charge in [0.2, 0.25) is 0 Å². The van der Waals surface area contributed by atoms with Gasteiger partial charge in [0, 0.05) is 45.0 Å². The standard InChI is InChI=1S/C18H32S8/c19-5-15-9-23-17(25-15)11-21-7-13-2-1-3-14(4-13)8-22-12-18-24-10-16(6-20)26-18/h13-20H,1-12H2. The fourth-order valence-corrected chi connectivity index (χ4v) is 14.6. The first kappa shape index (κ1) is 23.5. The van der Waals surface area contributed by atoms with E-state index < -0.39 is 0 Å². The lowest BCUT2D eigenvalue weighted by atomic mass is 9.83. The van der Waals surface area contributed by atoms with Gasteiger partial charge in [-0.05, 0) is 42.6 Å². The molecule has 2 saturated heterocycles. The quantitative estimate of drug-likeness (QED) is 0.325. The Kier molecular flexibility index (Phi) is 12.0. The Bertz CT molecular complexity index is 361. The Hall–Kier alpha value is 2.80.